The van der Waals surface area contributed by atoms with Crippen molar-refractivity contribution in [2.45, 2.75) is 33.1 Å². The number of amides is 2. The average Bonchev–Trinajstić information content (AvgIpc) is 3.32. The van der Waals surface area contributed by atoms with E-state index < -0.39 is 0 Å². The Morgan fingerprint density at radius 1 is 1.07 bits per heavy atom. The van der Waals surface area contributed by atoms with Gasteiger partial charge in [-0.15, -0.1) is 0 Å². The fourth-order valence-corrected chi connectivity index (χ4v) is 3.77. The van der Waals surface area contributed by atoms with E-state index in [0.717, 1.165) is 51.3 Å². The molecule has 1 fully saturated rings. The van der Waals surface area contributed by atoms with Gasteiger partial charge < -0.3 is 24.9 Å². The number of likely N-dealkylation sites (N-methyl/N-ethyl adjacent to an activating group) is 1. The maximum absolute atomic E-state index is 13.0. The largest absolute Gasteiger partial charge is 0.459 e. The first kappa shape index (κ1) is 21.9. The number of anilines is 2. The van der Waals surface area contributed by atoms with Crippen molar-refractivity contribution >= 4 is 23.2 Å². The monoisotopic (exact) mass is 412 g/mol. The topological polar surface area (TPSA) is 77.8 Å². The molecule has 1 aliphatic heterocycles. The third-order valence-electron chi connectivity index (χ3n) is 5.55. The number of piperidine rings is 1. The molecular formula is C23H32N4O3. The second-order valence-electron chi connectivity index (χ2n) is 7.49. The Morgan fingerprint density at radius 2 is 1.83 bits per heavy atom. The van der Waals surface area contributed by atoms with E-state index in [1.54, 1.807) is 18.2 Å². The van der Waals surface area contributed by atoms with Crippen LogP contribution >= 0.6 is 0 Å². The molecule has 1 saturated heterocycles. The summed E-state index contributed by atoms with van der Waals surface area (Å²) in [6.45, 7) is 9.43. The van der Waals surface area contributed by atoms with Crippen LogP contribution in [0.4, 0.5) is 11.4 Å². The summed E-state index contributed by atoms with van der Waals surface area (Å²) in [7, 11) is 0. The maximum atomic E-state index is 13.0. The van der Waals surface area contributed by atoms with E-state index in [4.69, 9.17) is 4.42 Å². The number of benzene rings is 1. The normalized spacial score (nSPS) is 14.0. The SMILES string of the molecule is CCN(CC)CCNC(=O)c1cc(NC(=O)c2ccco2)ccc1N1CCCCC1. The van der Waals surface area contributed by atoms with E-state index in [2.05, 4.69) is 34.3 Å². The van der Waals surface area contributed by atoms with Gasteiger partial charge in [-0.2, -0.15) is 0 Å². The highest BCUT2D eigenvalue weighted by Gasteiger charge is 2.20. The molecule has 2 heterocycles. The predicted molar refractivity (Wildman–Crippen MR) is 119 cm³/mol. The summed E-state index contributed by atoms with van der Waals surface area (Å²) in [5.41, 5.74) is 2.09. The van der Waals surface area contributed by atoms with E-state index in [-0.39, 0.29) is 17.6 Å². The minimum absolute atomic E-state index is 0.114. The van der Waals surface area contributed by atoms with Crippen molar-refractivity contribution in [3.05, 3.63) is 47.9 Å². The molecule has 162 valence electrons. The summed E-state index contributed by atoms with van der Waals surface area (Å²) in [5, 5.41) is 5.87. The molecule has 0 radical (unpaired) electrons. The zero-order chi connectivity index (χ0) is 21.3. The lowest BCUT2D eigenvalue weighted by molar-refractivity contribution is 0.0947. The summed E-state index contributed by atoms with van der Waals surface area (Å²) < 4.78 is 5.16. The molecular weight excluding hydrogens is 380 g/mol. The lowest BCUT2D eigenvalue weighted by atomic mass is 10.1. The Labute approximate surface area is 178 Å². The molecule has 1 aromatic carbocycles. The smallest absolute Gasteiger partial charge is 0.291 e. The van der Waals surface area contributed by atoms with Crippen molar-refractivity contribution in [2.24, 2.45) is 0 Å². The lowest BCUT2D eigenvalue weighted by Crippen LogP contribution is -2.36. The Hall–Kier alpha value is -2.80. The van der Waals surface area contributed by atoms with E-state index in [1.807, 2.05) is 12.1 Å². The van der Waals surface area contributed by atoms with Crippen LogP contribution in [-0.2, 0) is 0 Å². The molecule has 2 N–H and O–H groups in total. The number of carbonyl (C=O) groups excluding carboxylic acids is 2. The first-order chi connectivity index (χ1) is 14.6. The third kappa shape index (κ3) is 5.63. The van der Waals surface area contributed by atoms with E-state index >= 15 is 0 Å². The third-order valence-corrected chi connectivity index (χ3v) is 5.55. The molecule has 0 atom stereocenters. The molecule has 2 amide bonds. The van der Waals surface area contributed by atoms with Crippen LogP contribution in [0.5, 0.6) is 0 Å². The van der Waals surface area contributed by atoms with Crippen LogP contribution < -0.4 is 15.5 Å². The highest BCUT2D eigenvalue weighted by molar-refractivity contribution is 6.05. The highest BCUT2D eigenvalue weighted by Crippen LogP contribution is 2.27. The van der Waals surface area contributed by atoms with Gasteiger partial charge in [-0.1, -0.05) is 13.8 Å². The fraction of sp³-hybridized carbons (Fsp3) is 0.478. The van der Waals surface area contributed by atoms with Crippen molar-refractivity contribution < 1.29 is 14.0 Å². The second kappa shape index (κ2) is 10.8. The van der Waals surface area contributed by atoms with Gasteiger partial charge in [0.15, 0.2) is 5.76 Å². The quantitative estimate of drug-likeness (QED) is 0.658. The van der Waals surface area contributed by atoms with Gasteiger partial charge in [0, 0.05) is 37.6 Å². The first-order valence-corrected chi connectivity index (χ1v) is 10.9. The summed E-state index contributed by atoms with van der Waals surface area (Å²) >= 11 is 0. The minimum atomic E-state index is -0.335. The molecule has 1 aliphatic rings. The van der Waals surface area contributed by atoms with Crippen LogP contribution in [0.25, 0.3) is 0 Å². The summed E-state index contributed by atoms with van der Waals surface area (Å²) in [6, 6.07) is 8.82. The second-order valence-corrected chi connectivity index (χ2v) is 7.49. The van der Waals surface area contributed by atoms with Gasteiger partial charge in [-0.25, -0.2) is 0 Å². The number of furan rings is 1. The van der Waals surface area contributed by atoms with Crippen LogP contribution in [0.3, 0.4) is 0 Å². The zero-order valence-electron chi connectivity index (χ0n) is 17.9. The van der Waals surface area contributed by atoms with Gasteiger partial charge in [0.05, 0.1) is 11.8 Å². The van der Waals surface area contributed by atoms with Crippen LogP contribution in [0.2, 0.25) is 0 Å². The Morgan fingerprint density at radius 3 is 2.50 bits per heavy atom. The number of carbonyl (C=O) groups is 2. The molecule has 2 aromatic rings. The standard InChI is InChI=1S/C23H32N4O3/c1-3-26(4-2)15-12-24-22(28)19-17-18(25-23(29)21-9-8-16-30-21)10-11-20(19)27-13-6-5-7-14-27/h8-11,16-17H,3-7,12-15H2,1-2H3,(H,24,28)(H,25,29). The van der Waals surface area contributed by atoms with Crippen molar-refractivity contribution in [3.63, 3.8) is 0 Å². The summed E-state index contributed by atoms with van der Waals surface area (Å²) in [4.78, 5) is 29.9. The zero-order valence-corrected chi connectivity index (χ0v) is 17.9. The Kier molecular flexibility index (Phi) is 7.90. The van der Waals surface area contributed by atoms with Crippen LogP contribution in [0.1, 0.15) is 54.0 Å². The molecule has 0 spiro atoms. The van der Waals surface area contributed by atoms with Crippen LogP contribution in [0.15, 0.2) is 41.0 Å². The van der Waals surface area contributed by atoms with Crippen LogP contribution in [-0.4, -0.2) is 56.0 Å². The van der Waals surface area contributed by atoms with Gasteiger partial charge in [0.2, 0.25) is 0 Å². The number of hydrogen-bond donors (Lipinski definition) is 2. The summed E-state index contributed by atoms with van der Waals surface area (Å²) in [6.07, 6.45) is 4.93. The van der Waals surface area contributed by atoms with E-state index in [9.17, 15) is 9.59 Å². The van der Waals surface area contributed by atoms with Crippen molar-refractivity contribution in [2.75, 3.05) is 49.5 Å². The van der Waals surface area contributed by atoms with Gasteiger partial charge >= 0.3 is 0 Å². The van der Waals surface area contributed by atoms with Gasteiger partial charge in [-0.3, -0.25) is 9.59 Å². The van der Waals surface area contributed by atoms with E-state index in [0.29, 0.717) is 17.8 Å². The minimum Gasteiger partial charge on any atom is -0.459 e. The van der Waals surface area contributed by atoms with Gasteiger partial charge in [-0.05, 0) is 62.7 Å². The lowest BCUT2D eigenvalue weighted by Gasteiger charge is -2.30. The molecule has 3 rings (SSSR count). The number of nitrogens with zero attached hydrogens (tertiary/aromatic N) is 2. The summed E-state index contributed by atoms with van der Waals surface area (Å²) in [5.74, 6) is -0.212. The Bertz CT molecular complexity index is 825. The van der Waals surface area contributed by atoms with Crippen molar-refractivity contribution in [3.8, 4) is 0 Å². The van der Waals surface area contributed by atoms with Crippen molar-refractivity contribution in [1.82, 2.24) is 10.2 Å². The molecule has 0 unspecified atom stereocenters. The molecule has 30 heavy (non-hydrogen) atoms. The molecule has 1 aromatic heterocycles. The Balaban J connectivity index is 1.77. The first-order valence-electron chi connectivity index (χ1n) is 10.9. The fourth-order valence-electron chi connectivity index (χ4n) is 3.77. The highest BCUT2D eigenvalue weighted by atomic mass is 16.3. The number of hydrogen-bond acceptors (Lipinski definition) is 5. The maximum Gasteiger partial charge on any atom is 0.291 e. The molecule has 0 bridgehead atoms. The van der Waals surface area contributed by atoms with Crippen LogP contribution in [0, 0.1) is 0 Å². The van der Waals surface area contributed by atoms with Crippen molar-refractivity contribution in [1.29, 1.82) is 0 Å². The van der Waals surface area contributed by atoms with Gasteiger partial charge in [0.1, 0.15) is 0 Å². The van der Waals surface area contributed by atoms with Gasteiger partial charge in [0.25, 0.3) is 11.8 Å². The van der Waals surface area contributed by atoms with E-state index in [1.165, 1.54) is 12.7 Å². The molecule has 7 nitrogen and oxygen atoms in total. The number of nitrogens with one attached hydrogen (secondary N) is 2. The molecule has 7 heteroatoms. The average molecular weight is 413 g/mol. The number of rotatable bonds is 9. The molecule has 0 aliphatic carbocycles. The predicted octanol–water partition coefficient (Wildman–Crippen LogP) is 3.59. The molecule has 0 saturated carbocycles.